The Morgan fingerprint density at radius 2 is 1.86 bits per heavy atom. The lowest BCUT2D eigenvalue weighted by Crippen LogP contribution is -2.46. The van der Waals surface area contributed by atoms with Crippen LogP contribution in [-0.2, 0) is 9.59 Å². The highest BCUT2D eigenvalue weighted by molar-refractivity contribution is 5.89. The van der Waals surface area contributed by atoms with Gasteiger partial charge in [0.15, 0.2) is 0 Å². The molecule has 1 aliphatic carbocycles. The second kappa shape index (κ2) is 6.37. The molecular formula is C17H30N2O2. The van der Waals surface area contributed by atoms with Crippen molar-refractivity contribution in [2.45, 2.75) is 77.8 Å². The van der Waals surface area contributed by atoms with Crippen molar-refractivity contribution in [2.75, 3.05) is 13.1 Å². The lowest BCUT2D eigenvalue weighted by molar-refractivity contribution is -0.138. The minimum atomic E-state index is -0.187. The summed E-state index contributed by atoms with van der Waals surface area (Å²) in [5.74, 6) is 0.184. The van der Waals surface area contributed by atoms with Crippen molar-refractivity contribution in [1.82, 2.24) is 9.80 Å². The van der Waals surface area contributed by atoms with Crippen LogP contribution in [0, 0.1) is 5.92 Å². The van der Waals surface area contributed by atoms with Gasteiger partial charge in [-0.25, -0.2) is 0 Å². The molecule has 1 saturated heterocycles. The van der Waals surface area contributed by atoms with Crippen LogP contribution in [0.4, 0.5) is 0 Å². The van der Waals surface area contributed by atoms with Crippen LogP contribution in [0.15, 0.2) is 0 Å². The molecule has 4 heteroatoms. The molecule has 0 unspecified atom stereocenters. The Bertz CT molecular complexity index is 394. The number of carbonyl (C=O) groups is 2. The Kier molecular flexibility index (Phi) is 4.95. The molecule has 1 heterocycles. The standard InChI is InChI=1S/C17H30N2O2/c1-5-18(14-9-7-6-8-10-14)16(21)13-11-15(20)19(12-13)17(2,3)4/h13-14H,5-12H2,1-4H3/t13-/m1/s1. The van der Waals surface area contributed by atoms with Crippen molar-refractivity contribution in [2.24, 2.45) is 5.92 Å². The molecule has 0 spiro atoms. The van der Waals surface area contributed by atoms with Crippen LogP contribution >= 0.6 is 0 Å². The summed E-state index contributed by atoms with van der Waals surface area (Å²) in [4.78, 5) is 28.9. The van der Waals surface area contributed by atoms with Gasteiger partial charge in [-0.05, 0) is 40.5 Å². The Labute approximate surface area is 128 Å². The van der Waals surface area contributed by atoms with Crippen LogP contribution in [0.3, 0.4) is 0 Å². The first-order valence-corrected chi connectivity index (χ1v) is 8.45. The molecule has 0 bridgehead atoms. The zero-order chi connectivity index (χ0) is 15.6. The van der Waals surface area contributed by atoms with Gasteiger partial charge in [-0.15, -0.1) is 0 Å². The van der Waals surface area contributed by atoms with Gasteiger partial charge in [-0.1, -0.05) is 19.3 Å². The van der Waals surface area contributed by atoms with E-state index in [1.165, 1.54) is 19.3 Å². The summed E-state index contributed by atoms with van der Waals surface area (Å²) in [6.07, 6.45) is 6.39. The molecule has 1 aliphatic heterocycles. The number of likely N-dealkylation sites (tertiary alicyclic amines) is 1. The summed E-state index contributed by atoms with van der Waals surface area (Å²) < 4.78 is 0. The number of hydrogen-bond donors (Lipinski definition) is 0. The first-order valence-electron chi connectivity index (χ1n) is 8.45. The average molecular weight is 294 g/mol. The molecular weight excluding hydrogens is 264 g/mol. The second-order valence-electron chi connectivity index (χ2n) is 7.49. The number of rotatable bonds is 3. The third-order valence-corrected chi connectivity index (χ3v) is 4.92. The smallest absolute Gasteiger partial charge is 0.228 e. The topological polar surface area (TPSA) is 40.6 Å². The third kappa shape index (κ3) is 3.58. The van der Waals surface area contributed by atoms with Crippen LogP contribution in [0.2, 0.25) is 0 Å². The van der Waals surface area contributed by atoms with E-state index in [0.717, 1.165) is 19.4 Å². The van der Waals surface area contributed by atoms with Crippen molar-refractivity contribution in [3.63, 3.8) is 0 Å². The minimum absolute atomic E-state index is 0.126. The van der Waals surface area contributed by atoms with Gasteiger partial charge in [0.25, 0.3) is 0 Å². The van der Waals surface area contributed by atoms with E-state index >= 15 is 0 Å². The first kappa shape index (κ1) is 16.3. The predicted molar refractivity (Wildman–Crippen MR) is 83.8 cm³/mol. The molecule has 0 aromatic heterocycles. The number of amides is 2. The molecule has 0 aromatic rings. The van der Waals surface area contributed by atoms with E-state index in [9.17, 15) is 9.59 Å². The molecule has 2 amide bonds. The molecule has 0 N–H and O–H groups in total. The van der Waals surface area contributed by atoms with Crippen LogP contribution in [0.5, 0.6) is 0 Å². The lowest BCUT2D eigenvalue weighted by atomic mass is 9.93. The van der Waals surface area contributed by atoms with Crippen molar-refractivity contribution in [3.8, 4) is 0 Å². The Morgan fingerprint density at radius 1 is 1.24 bits per heavy atom. The van der Waals surface area contributed by atoms with Crippen molar-refractivity contribution < 1.29 is 9.59 Å². The van der Waals surface area contributed by atoms with E-state index in [1.54, 1.807) is 0 Å². The minimum Gasteiger partial charge on any atom is -0.340 e. The van der Waals surface area contributed by atoms with Gasteiger partial charge in [0.05, 0.1) is 5.92 Å². The Hall–Kier alpha value is -1.06. The highest BCUT2D eigenvalue weighted by atomic mass is 16.2. The fourth-order valence-electron chi connectivity index (χ4n) is 3.74. The predicted octanol–water partition coefficient (Wildman–Crippen LogP) is 2.81. The van der Waals surface area contributed by atoms with E-state index in [1.807, 2.05) is 30.6 Å². The Morgan fingerprint density at radius 3 is 2.33 bits per heavy atom. The van der Waals surface area contributed by atoms with E-state index in [4.69, 9.17) is 0 Å². The van der Waals surface area contributed by atoms with Gasteiger partial charge in [-0.3, -0.25) is 9.59 Å². The molecule has 1 saturated carbocycles. The zero-order valence-corrected chi connectivity index (χ0v) is 14.0. The number of carbonyl (C=O) groups excluding carboxylic acids is 2. The molecule has 0 aromatic carbocycles. The maximum atomic E-state index is 12.8. The van der Waals surface area contributed by atoms with Crippen LogP contribution in [0.25, 0.3) is 0 Å². The third-order valence-electron chi connectivity index (χ3n) is 4.92. The highest BCUT2D eigenvalue weighted by Gasteiger charge is 2.41. The van der Waals surface area contributed by atoms with Crippen LogP contribution in [-0.4, -0.2) is 46.3 Å². The maximum absolute atomic E-state index is 12.8. The molecule has 4 nitrogen and oxygen atoms in total. The molecule has 2 fully saturated rings. The van der Waals surface area contributed by atoms with Gasteiger partial charge >= 0.3 is 0 Å². The highest BCUT2D eigenvalue weighted by Crippen LogP contribution is 2.29. The van der Waals surface area contributed by atoms with Gasteiger partial charge in [0.1, 0.15) is 0 Å². The summed E-state index contributed by atoms with van der Waals surface area (Å²) >= 11 is 0. The van der Waals surface area contributed by atoms with Crippen molar-refractivity contribution in [1.29, 1.82) is 0 Å². The first-order chi connectivity index (χ1) is 9.84. The molecule has 1 atom stereocenters. The monoisotopic (exact) mass is 294 g/mol. The second-order valence-corrected chi connectivity index (χ2v) is 7.49. The summed E-state index contributed by atoms with van der Waals surface area (Å²) in [5, 5.41) is 0. The molecule has 2 rings (SSSR count). The molecule has 120 valence electrons. The van der Waals surface area contributed by atoms with Crippen LogP contribution < -0.4 is 0 Å². The van der Waals surface area contributed by atoms with Gasteiger partial charge < -0.3 is 9.80 Å². The van der Waals surface area contributed by atoms with E-state index in [0.29, 0.717) is 19.0 Å². The van der Waals surface area contributed by atoms with Crippen LogP contribution in [0.1, 0.15) is 66.2 Å². The van der Waals surface area contributed by atoms with Gasteiger partial charge in [0, 0.05) is 31.1 Å². The van der Waals surface area contributed by atoms with Crippen molar-refractivity contribution >= 4 is 11.8 Å². The normalized spacial score (nSPS) is 24.5. The number of hydrogen-bond acceptors (Lipinski definition) is 2. The van der Waals surface area contributed by atoms with E-state index < -0.39 is 0 Å². The molecule has 2 aliphatic rings. The fraction of sp³-hybridized carbons (Fsp3) is 0.882. The molecule has 0 radical (unpaired) electrons. The van der Waals surface area contributed by atoms with E-state index in [2.05, 4.69) is 6.92 Å². The zero-order valence-electron chi connectivity index (χ0n) is 14.0. The maximum Gasteiger partial charge on any atom is 0.228 e. The quantitative estimate of drug-likeness (QED) is 0.803. The van der Waals surface area contributed by atoms with E-state index in [-0.39, 0.29) is 23.3 Å². The summed E-state index contributed by atoms with van der Waals surface area (Å²) in [7, 11) is 0. The summed E-state index contributed by atoms with van der Waals surface area (Å²) in [6, 6.07) is 0.398. The summed E-state index contributed by atoms with van der Waals surface area (Å²) in [5.41, 5.74) is -0.187. The largest absolute Gasteiger partial charge is 0.340 e. The van der Waals surface area contributed by atoms with Crippen molar-refractivity contribution in [3.05, 3.63) is 0 Å². The SMILES string of the molecule is CCN(C(=O)[C@@H]1CC(=O)N(C(C)(C)C)C1)C1CCCCC1. The average Bonchev–Trinajstić information content (AvgIpc) is 2.83. The van der Waals surface area contributed by atoms with Gasteiger partial charge in [-0.2, -0.15) is 0 Å². The molecule has 21 heavy (non-hydrogen) atoms. The lowest BCUT2D eigenvalue weighted by Gasteiger charge is -2.36. The number of nitrogens with zero attached hydrogens (tertiary/aromatic N) is 2. The summed E-state index contributed by atoms with van der Waals surface area (Å²) in [6.45, 7) is 9.53. The van der Waals surface area contributed by atoms with Gasteiger partial charge in [0.2, 0.25) is 11.8 Å². The fourth-order valence-corrected chi connectivity index (χ4v) is 3.74. The Balaban J connectivity index is 2.03.